The minimum Gasteiger partial charge on any atom is -0.493 e. The predicted octanol–water partition coefficient (Wildman–Crippen LogP) is 3.38. The van der Waals surface area contributed by atoms with Crippen LogP contribution in [-0.2, 0) is 6.42 Å². The van der Waals surface area contributed by atoms with Crippen molar-refractivity contribution in [2.24, 2.45) is 0 Å². The van der Waals surface area contributed by atoms with E-state index in [0.29, 0.717) is 23.5 Å². The van der Waals surface area contributed by atoms with Crippen molar-refractivity contribution < 1.29 is 13.9 Å². The number of fused-ring (bicyclic) bond motifs is 1. The number of ether oxygens (including phenoxy) is 1. The van der Waals surface area contributed by atoms with Gasteiger partial charge in [-0.3, -0.25) is 4.79 Å². The molecule has 3 rings (SSSR count). The third-order valence-corrected chi connectivity index (χ3v) is 3.26. The Hall–Kier alpha value is -2.16. The summed E-state index contributed by atoms with van der Waals surface area (Å²) in [5, 5.41) is 0. The Kier molecular flexibility index (Phi) is 3.03. The Morgan fingerprint density at radius 3 is 2.84 bits per heavy atom. The molecule has 96 valence electrons. The highest BCUT2D eigenvalue weighted by Crippen LogP contribution is 2.30. The normalized spacial score (nSPS) is 13.5. The van der Waals surface area contributed by atoms with Gasteiger partial charge in [0.15, 0.2) is 5.78 Å². The first-order valence-corrected chi connectivity index (χ1v) is 6.30. The van der Waals surface area contributed by atoms with Gasteiger partial charge in [-0.15, -0.1) is 0 Å². The van der Waals surface area contributed by atoms with Crippen LogP contribution in [-0.4, -0.2) is 12.4 Å². The number of halogens is 1. The molecule has 2 aromatic rings. The van der Waals surface area contributed by atoms with Gasteiger partial charge in [0.1, 0.15) is 11.6 Å². The van der Waals surface area contributed by atoms with E-state index < -0.39 is 5.82 Å². The lowest BCUT2D eigenvalue weighted by atomic mass is 9.97. The zero-order valence-corrected chi connectivity index (χ0v) is 10.4. The van der Waals surface area contributed by atoms with E-state index in [0.717, 1.165) is 18.4 Å². The van der Waals surface area contributed by atoms with Gasteiger partial charge in [0.05, 0.1) is 12.2 Å². The number of ketones is 1. The molecule has 3 heteroatoms. The summed E-state index contributed by atoms with van der Waals surface area (Å²) in [5.41, 5.74) is 1.92. The highest BCUT2D eigenvalue weighted by atomic mass is 19.1. The fourth-order valence-corrected chi connectivity index (χ4v) is 2.35. The molecule has 1 aliphatic heterocycles. The van der Waals surface area contributed by atoms with Gasteiger partial charge in [0, 0.05) is 5.56 Å². The van der Waals surface area contributed by atoms with Crippen molar-refractivity contribution >= 4 is 5.78 Å². The summed E-state index contributed by atoms with van der Waals surface area (Å²) in [6.45, 7) is 0.625. The Morgan fingerprint density at radius 1 is 1.16 bits per heavy atom. The van der Waals surface area contributed by atoms with Crippen LogP contribution in [0.5, 0.6) is 5.75 Å². The van der Waals surface area contributed by atoms with E-state index in [1.54, 1.807) is 18.2 Å². The smallest absolute Gasteiger partial charge is 0.196 e. The van der Waals surface area contributed by atoms with Gasteiger partial charge in [-0.25, -0.2) is 4.39 Å². The van der Waals surface area contributed by atoms with Crippen LogP contribution >= 0.6 is 0 Å². The SMILES string of the molecule is O=C(c1cccc(F)c1)c1cccc2c1OCCC2. The number of benzene rings is 2. The lowest BCUT2D eigenvalue weighted by Gasteiger charge is -2.19. The summed E-state index contributed by atoms with van der Waals surface area (Å²) in [5.74, 6) is 0.0535. The second kappa shape index (κ2) is 4.84. The number of carbonyl (C=O) groups excluding carboxylic acids is 1. The summed E-state index contributed by atoms with van der Waals surface area (Å²) in [7, 11) is 0. The Morgan fingerprint density at radius 2 is 2.00 bits per heavy atom. The van der Waals surface area contributed by atoms with Crippen molar-refractivity contribution in [1.82, 2.24) is 0 Å². The molecule has 1 aliphatic rings. The van der Waals surface area contributed by atoms with Gasteiger partial charge in [-0.2, -0.15) is 0 Å². The van der Waals surface area contributed by atoms with E-state index in [1.165, 1.54) is 12.1 Å². The third-order valence-electron chi connectivity index (χ3n) is 3.26. The van der Waals surface area contributed by atoms with Crippen LogP contribution in [0.2, 0.25) is 0 Å². The third kappa shape index (κ3) is 2.24. The highest BCUT2D eigenvalue weighted by molar-refractivity contribution is 6.11. The standard InChI is InChI=1S/C16H13FO2/c17-13-7-1-5-12(10-13)15(18)14-8-2-4-11-6-3-9-19-16(11)14/h1-2,4-5,7-8,10H,3,6,9H2. The second-order valence-electron chi connectivity index (χ2n) is 4.59. The first kappa shape index (κ1) is 11.9. The molecule has 0 aromatic heterocycles. The minimum absolute atomic E-state index is 0.196. The first-order chi connectivity index (χ1) is 9.25. The molecule has 0 saturated heterocycles. The van der Waals surface area contributed by atoms with Crippen LogP contribution in [0.3, 0.4) is 0 Å². The lowest BCUT2D eigenvalue weighted by Crippen LogP contribution is -2.13. The Bertz CT molecular complexity index is 634. The van der Waals surface area contributed by atoms with Gasteiger partial charge in [0.25, 0.3) is 0 Å². The van der Waals surface area contributed by atoms with Crippen LogP contribution in [0.25, 0.3) is 0 Å². The van der Waals surface area contributed by atoms with Crippen molar-refractivity contribution in [3.8, 4) is 5.75 Å². The highest BCUT2D eigenvalue weighted by Gasteiger charge is 2.20. The molecule has 0 fully saturated rings. The van der Waals surface area contributed by atoms with E-state index in [9.17, 15) is 9.18 Å². The molecule has 0 atom stereocenters. The summed E-state index contributed by atoms with van der Waals surface area (Å²) in [4.78, 5) is 12.4. The molecular weight excluding hydrogens is 243 g/mol. The van der Waals surface area contributed by atoms with E-state index >= 15 is 0 Å². The van der Waals surface area contributed by atoms with Crippen LogP contribution in [0, 0.1) is 5.82 Å². The molecule has 0 amide bonds. The van der Waals surface area contributed by atoms with Crippen LogP contribution < -0.4 is 4.74 Å². The molecule has 0 radical (unpaired) electrons. The average Bonchev–Trinajstić information content (AvgIpc) is 2.46. The minimum atomic E-state index is -0.406. The predicted molar refractivity (Wildman–Crippen MR) is 70.1 cm³/mol. The van der Waals surface area contributed by atoms with Crippen molar-refractivity contribution in [2.45, 2.75) is 12.8 Å². The maximum atomic E-state index is 13.2. The van der Waals surface area contributed by atoms with Gasteiger partial charge >= 0.3 is 0 Å². The monoisotopic (exact) mass is 256 g/mol. The van der Waals surface area contributed by atoms with E-state index in [1.807, 2.05) is 12.1 Å². The van der Waals surface area contributed by atoms with Crippen LogP contribution in [0.4, 0.5) is 4.39 Å². The van der Waals surface area contributed by atoms with Crippen molar-refractivity contribution in [3.05, 3.63) is 65.0 Å². The van der Waals surface area contributed by atoms with Gasteiger partial charge in [0.2, 0.25) is 0 Å². The molecule has 0 unspecified atom stereocenters. The lowest BCUT2D eigenvalue weighted by molar-refractivity contribution is 0.103. The largest absolute Gasteiger partial charge is 0.493 e. The first-order valence-electron chi connectivity index (χ1n) is 6.30. The molecule has 2 nitrogen and oxygen atoms in total. The van der Waals surface area contributed by atoms with Crippen molar-refractivity contribution in [1.29, 1.82) is 0 Å². The van der Waals surface area contributed by atoms with Crippen molar-refractivity contribution in [2.75, 3.05) is 6.61 Å². The summed E-state index contributed by atoms with van der Waals surface area (Å²) in [6.07, 6.45) is 1.88. The maximum Gasteiger partial charge on any atom is 0.196 e. The van der Waals surface area contributed by atoms with E-state index in [4.69, 9.17) is 4.74 Å². The molecular formula is C16H13FO2. The quantitative estimate of drug-likeness (QED) is 0.770. The van der Waals surface area contributed by atoms with Crippen molar-refractivity contribution in [3.63, 3.8) is 0 Å². The van der Waals surface area contributed by atoms with Crippen LogP contribution in [0.1, 0.15) is 27.9 Å². The fraction of sp³-hybridized carbons (Fsp3) is 0.188. The van der Waals surface area contributed by atoms with E-state index in [2.05, 4.69) is 0 Å². The Labute approximate surface area is 110 Å². The summed E-state index contributed by atoms with van der Waals surface area (Å²) >= 11 is 0. The van der Waals surface area contributed by atoms with Gasteiger partial charge in [-0.05, 0) is 36.6 Å². The van der Waals surface area contributed by atoms with Gasteiger partial charge < -0.3 is 4.74 Å². The molecule has 0 saturated carbocycles. The molecule has 19 heavy (non-hydrogen) atoms. The molecule has 2 aromatic carbocycles. The zero-order valence-electron chi connectivity index (χ0n) is 10.4. The molecule has 0 bridgehead atoms. The average molecular weight is 256 g/mol. The maximum absolute atomic E-state index is 13.2. The fourth-order valence-electron chi connectivity index (χ4n) is 2.35. The Balaban J connectivity index is 2.05. The number of rotatable bonds is 2. The number of hydrogen-bond donors (Lipinski definition) is 0. The number of carbonyl (C=O) groups is 1. The van der Waals surface area contributed by atoms with Crippen LogP contribution in [0.15, 0.2) is 42.5 Å². The second-order valence-corrected chi connectivity index (χ2v) is 4.59. The number of para-hydroxylation sites is 1. The zero-order chi connectivity index (χ0) is 13.2. The number of aryl methyl sites for hydroxylation is 1. The summed E-state index contributed by atoms with van der Waals surface area (Å²) in [6, 6.07) is 11.3. The number of hydrogen-bond acceptors (Lipinski definition) is 2. The van der Waals surface area contributed by atoms with E-state index in [-0.39, 0.29) is 5.78 Å². The molecule has 1 heterocycles. The topological polar surface area (TPSA) is 26.3 Å². The molecule has 0 aliphatic carbocycles. The molecule has 0 N–H and O–H groups in total. The molecule has 0 spiro atoms. The van der Waals surface area contributed by atoms with Gasteiger partial charge in [-0.1, -0.05) is 24.3 Å². The summed E-state index contributed by atoms with van der Waals surface area (Å²) < 4.78 is 18.8.